The minimum atomic E-state index is -1.03. The molecule has 20 heavy (non-hydrogen) atoms. The lowest BCUT2D eigenvalue weighted by atomic mass is 10.1. The third kappa shape index (κ3) is 1.93. The lowest BCUT2D eigenvalue weighted by molar-refractivity contribution is -0.116. The lowest BCUT2D eigenvalue weighted by Crippen LogP contribution is -2.20. The van der Waals surface area contributed by atoms with E-state index >= 15 is 0 Å². The van der Waals surface area contributed by atoms with Crippen LogP contribution in [-0.4, -0.2) is 17.0 Å². The van der Waals surface area contributed by atoms with E-state index in [0.29, 0.717) is 16.9 Å². The molecule has 5 heteroatoms. The van der Waals surface area contributed by atoms with Gasteiger partial charge in [0, 0.05) is 5.69 Å². The first-order valence-electron chi connectivity index (χ1n) is 6.01. The van der Waals surface area contributed by atoms with Crippen LogP contribution in [0.2, 0.25) is 0 Å². The third-order valence-electron chi connectivity index (χ3n) is 3.24. The van der Waals surface area contributed by atoms with E-state index in [1.165, 1.54) is 41.3 Å². The van der Waals surface area contributed by atoms with E-state index in [-0.39, 0.29) is 23.7 Å². The number of hydrogen-bond donors (Lipinski definition) is 1. The number of aromatic carboxylic acids is 1. The highest BCUT2D eigenvalue weighted by Gasteiger charge is 2.29. The van der Waals surface area contributed by atoms with Crippen molar-refractivity contribution in [2.45, 2.75) is 6.42 Å². The van der Waals surface area contributed by atoms with Gasteiger partial charge in [-0.25, -0.2) is 9.18 Å². The number of carbonyl (C=O) groups is 2. The highest BCUT2D eigenvalue weighted by atomic mass is 19.1. The summed E-state index contributed by atoms with van der Waals surface area (Å²) in [5, 5.41) is 8.96. The molecule has 0 atom stereocenters. The number of carbonyl (C=O) groups excluding carboxylic acids is 1. The topological polar surface area (TPSA) is 57.6 Å². The van der Waals surface area contributed by atoms with Crippen LogP contribution in [0.3, 0.4) is 0 Å². The van der Waals surface area contributed by atoms with Crippen LogP contribution in [0.25, 0.3) is 0 Å². The quantitative estimate of drug-likeness (QED) is 0.913. The second-order valence-electron chi connectivity index (χ2n) is 4.53. The summed E-state index contributed by atoms with van der Waals surface area (Å²) in [4.78, 5) is 24.5. The lowest BCUT2D eigenvalue weighted by Gasteiger charge is -2.17. The van der Waals surface area contributed by atoms with E-state index < -0.39 is 5.97 Å². The molecule has 2 aromatic rings. The van der Waals surface area contributed by atoms with Gasteiger partial charge >= 0.3 is 5.97 Å². The molecule has 100 valence electrons. The summed E-state index contributed by atoms with van der Waals surface area (Å²) in [6.07, 6.45) is 0.147. The van der Waals surface area contributed by atoms with Crippen molar-refractivity contribution in [3.8, 4) is 0 Å². The maximum atomic E-state index is 12.9. The highest BCUT2D eigenvalue weighted by Crippen LogP contribution is 2.35. The number of nitrogens with zero attached hydrogens (tertiary/aromatic N) is 1. The molecule has 4 nitrogen and oxygen atoms in total. The second-order valence-corrected chi connectivity index (χ2v) is 4.53. The van der Waals surface area contributed by atoms with Gasteiger partial charge in [-0.15, -0.1) is 0 Å². The van der Waals surface area contributed by atoms with Crippen LogP contribution in [0.4, 0.5) is 15.8 Å². The summed E-state index contributed by atoms with van der Waals surface area (Å²) in [6, 6.07) is 10.2. The van der Waals surface area contributed by atoms with Crippen molar-refractivity contribution in [1.29, 1.82) is 0 Å². The molecule has 1 amide bonds. The molecule has 0 fully saturated rings. The number of carboxylic acid groups (broad SMARTS) is 1. The Kier molecular flexibility index (Phi) is 2.75. The molecule has 0 radical (unpaired) electrons. The Morgan fingerprint density at radius 3 is 2.50 bits per heavy atom. The van der Waals surface area contributed by atoms with Gasteiger partial charge in [-0.1, -0.05) is 0 Å². The van der Waals surface area contributed by atoms with E-state index in [0.717, 1.165) is 0 Å². The summed E-state index contributed by atoms with van der Waals surface area (Å²) in [6.45, 7) is 0. The van der Waals surface area contributed by atoms with Gasteiger partial charge in [-0.3, -0.25) is 9.69 Å². The predicted octanol–water partition coefficient (Wildman–Crippen LogP) is 2.74. The number of hydrogen-bond acceptors (Lipinski definition) is 2. The van der Waals surface area contributed by atoms with Crippen LogP contribution in [0, 0.1) is 5.82 Å². The number of carboxylic acids is 1. The van der Waals surface area contributed by atoms with E-state index in [1.54, 1.807) is 6.07 Å². The second kappa shape index (κ2) is 4.45. The standard InChI is InChI=1S/C15H10FNO3/c16-11-2-4-12(5-3-11)17-13-6-1-9(15(19)20)7-10(13)8-14(17)18/h1-7H,8H2,(H,19,20). The van der Waals surface area contributed by atoms with Crippen molar-refractivity contribution in [2.75, 3.05) is 4.90 Å². The number of rotatable bonds is 2. The average molecular weight is 271 g/mol. The minimum Gasteiger partial charge on any atom is -0.478 e. The summed E-state index contributed by atoms with van der Waals surface area (Å²) < 4.78 is 12.9. The smallest absolute Gasteiger partial charge is 0.335 e. The molecule has 1 aliphatic rings. The molecule has 0 saturated carbocycles. The Labute approximate surface area is 114 Å². The van der Waals surface area contributed by atoms with Crippen molar-refractivity contribution in [1.82, 2.24) is 0 Å². The number of fused-ring (bicyclic) bond motifs is 1. The maximum Gasteiger partial charge on any atom is 0.335 e. The fourth-order valence-electron chi connectivity index (χ4n) is 2.33. The van der Waals surface area contributed by atoms with Crippen LogP contribution < -0.4 is 4.90 Å². The fraction of sp³-hybridized carbons (Fsp3) is 0.0667. The molecule has 0 aromatic heterocycles. The summed E-state index contributed by atoms with van der Waals surface area (Å²) in [5.41, 5.74) is 2.03. The van der Waals surface area contributed by atoms with Crippen molar-refractivity contribution in [2.24, 2.45) is 0 Å². The number of halogens is 1. The van der Waals surface area contributed by atoms with Gasteiger partial charge in [-0.05, 0) is 48.0 Å². The Morgan fingerprint density at radius 2 is 1.85 bits per heavy atom. The van der Waals surface area contributed by atoms with Crippen LogP contribution in [0.5, 0.6) is 0 Å². The average Bonchev–Trinajstić information content (AvgIpc) is 2.74. The van der Waals surface area contributed by atoms with Gasteiger partial charge in [0.25, 0.3) is 0 Å². The third-order valence-corrected chi connectivity index (χ3v) is 3.24. The highest BCUT2D eigenvalue weighted by molar-refractivity contribution is 6.08. The van der Waals surface area contributed by atoms with Crippen LogP contribution in [0.1, 0.15) is 15.9 Å². The fourth-order valence-corrected chi connectivity index (χ4v) is 2.33. The van der Waals surface area contributed by atoms with E-state index in [1.807, 2.05) is 0 Å². The molecule has 3 rings (SSSR count). The van der Waals surface area contributed by atoms with Crippen molar-refractivity contribution in [3.63, 3.8) is 0 Å². The Balaban J connectivity index is 2.06. The van der Waals surface area contributed by atoms with Crippen molar-refractivity contribution in [3.05, 3.63) is 59.4 Å². The first-order valence-corrected chi connectivity index (χ1v) is 6.01. The van der Waals surface area contributed by atoms with Gasteiger partial charge in [0.1, 0.15) is 5.82 Å². The largest absolute Gasteiger partial charge is 0.478 e. The zero-order valence-corrected chi connectivity index (χ0v) is 10.3. The molecule has 0 bridgehead atoms. The van der Waals surface area contributed by atoms with Gasteiger partial charge in [0.2, 0.25) is 5.91 Å². The molecule has 0 aliphatic carbocycles. The van der Waals surface area contributed by atoms with E-state index in [4.69, 9.17) is 5.11 Å². The monoisotopic (exact) mass is 271 g/mol. The zero-order valence-electron chi connectivity index (χ0n) is 10.3. The molecular formula is C15H10FNO3. The maximum absolute atomic E-state index is 12.9. The predicted molar refractivity (Wildman–Crippen MR) is 70.7 cm³/mol. The molecule has 0 saturated heterocycles. The molecule has 0 spiro atoms. The van der Waals surface area contributed by atoms with Crippen molar-refractivity contribution < 1.29 is 19.1 Å². The molecule has 2 aromatic carbocycles. The van der Waals surface area contributed by atoms with E-state index in [2.05, 4.69) is 0 Å². The van der Waals surface area contributed by atoms with Crippen molar-refractivity contribution >= 4 is 23.3 Å². The zero-order chi connectivity index (χ0) is 14.3. The van der Waals surface area contributed by atoms with Gasteiger partial charge in [0.15, 0.2) is 0 Å². The number of benzene rings is 2. The van der Waals surface area contributed by atoms with Crippen LogP contribution >= 0.6 is 0 Å². The van der Waals surface area contributed by atoms with Crippen LogP contribution in [0.15, 0.2) is 42.5 Å². The Hall–Kier alpha value is -2.69. The number of amides is 1. The van der Waals surface area contributed by atoms with Gasteiger partial charge in [-0.2, -0.15) is 0 Å². The molecule has 1 aliphatic heterocycles. The minimum absolute atomic E-state index is 0.147. The molecule has 1 N–H and O–H groups in total. The summed E-state index contributed by atoms with van der Waals surface area (Å²) in [7, 11) is 0. The summed E-state index contributed by atoms with van der Waals surface area (Å²) in [5.74, 6) is -1.56. The van der Waals surface area contributed by atoms with Gasteiger partial charge in [0.05, 0.1) is 17.7 Å². The van der Waals surface area contributed by atoms with Gasteiger partial charge < -0.3 is 5.11 Å². The molecular weight excluding hydrogens is 261 g/mol. The van der Waals surface area contributed by atoms with Crippen LogP contribution in [-0.2, 0) is 11.2 Å². The first-order chi connectivity index (χ1) is 9.56. The SMILES string of the molecule is O=C(O)c1ccc2c(c1)CC(=O)N2c1ccc(F)cc1. The van der Waals surface area contributed by atoms with E-state index in [9.17, 15) is 14.0 Å². The number of anilines is 2. The summed E-state index contributed by atoms with van der Waals surface area (Å²) >= 11 is 0. The molecule has 1 heterocycles. The molecule has 0 unspecified atom stereocenters. The normalized spacial score (nSPS) is 13.4. The first kappa shape index (κ1) is 12.3. The Bertz CT molecular complexity index is 710. The Morgan fingerprint density at radius 1 is 1.15 bits per heavy atom.